The van der Waals surface area contributed by atoms with Gasteiger partial charge in [-0.3, -0.25) is 9.97 Å². The molecule has 0 aliphatic carbocycles. The Kier molecular flexibility index (Phi) is 4.25. The molecular weight excluding hydrogens is 362 g/mol. The molecule has 0 bridgehead atoms. The van der Waals surface area contributed by atoms with Crippen LogP contribution in [0.25, 0.3) is 22.4 Å². The second kappa shape index (κ2) is 6.73. The van der Waals surface area contributed by atoms with E-state index < -0.39 is 9.71 Å². The number of benzene rings is 2. The van der Waals surface area contributed by atoms with Gasteiger partial charge in [-0.1, -0.05) is 6.07 Å². The standard InChI is InChI=1S/C19H17N5O2S/c1-27(2,25)24-15-5-3-4-14(11-15)23-19-22-12-18(26-19)13-6-7-16-17(10-13)21-9-8-20-16/h3-12H,1H2,2H3,(H,22,23)(H,24,25). The number of rotatable bonds is 5. The van der Waals surface area contributed by atoms with Crippen molar-refractivity contribution in [1.29, 1.82) is 0 Å². The minimum Gasteiger partial charge on any atom is -0.423 e. The number of nitrogens with one attached hydrogen (secondary N) is 2. The zero-order valence-corrected chi connectivity index (χ0v) is 15.4. The summed E-state index contributed by atoms with van der Waals surface area (Å²) in [5.74, 6) is 4.21. The molecule has 1 atom stereocenters. The van der Waals surface area contributed by atoms with Crippen LogP contribution >= 0.6 is 0 Å². The van der Waals surface area contributed by atoms with E-state index in [2.05, 4.69) is 30.9 Å². The Morgan fingerprint density at radius 3 is 2.59 bits per heavy atom. The maximum absolute atomic E-state index is 11.8. The summed E-state index contributed by atoms with van der Waals surface area (Å²) >= 11 is 0. The predicted octanol–water partition coefficient (Wildman–Crippen LogP) is 3.70. The zero-order valence-electron chi connectivity index (χ0n) is 14.5. The lowest BCUT2D eigenvalue weighted by Gasteiger charge is -2.09. The highest BCUT2D eigenvalue weighted by Gasteiger charge is 2.09. The Bertz CT molecular complexity index is 1220. The third-order valence-electron chi connectivity index (χ3n) is 3.71. The largest absolute Gasteiger partial charge is 0.423 e. The normalized spacial score (nSPS) is 13.2. The quantitative estimate of drug-likeness (QED) is 0.514. The van der Waals surface area contributed by atoms with Gasteiger partial charge in [-0.05, 0) is 42.3 Å². The summed E-state index contributed by atoms with van der Waals surface area (Å²) in [5, 5.41) is 3.10. The number of aromatic nitrogens is 3. The fourth-order valence-corrected chi connectivity index (χ4v) is 3.24. The van der Waals surface area contributed by atoms with Crippen molar-refractivity contribution in [2.75, 3.05) is 16.3 Å². The number of oxazole rings is 1. The van der Waals surface area contributed by atoms with Gasteiger partial charge in [0.2, 0.25) is 0 Å². The van der Waals surface area contributed by atoms with Crippen LogP contribution in [0, 0.1) is 0 Å². The van der Waals surface area contributed by atoms with Gasteiger partial charge in [-0.25, -0.2) is 9.19 Å². The van der Waals surface area contributed by atoms with E-state index in [1.54, 1.807) is 24.8 Å². The molecule has 0 amide bonds. The highest BCUT2D eigenvalue weighted by Crippen LogP contribution is 2.27. The van der Waals surface area contributed by atoms with Crippen molar-refractivity contribution < 1.29 is 8.63 Å². The van der Waals surface area contributed by atoms with Crippen molar-refractivity contribution >= 4 is 44.0 Å². The molecule has 2 aromatic heterocycles. The summed E-state index contributed by atoms with van der Waals surface area (Å²) in [7, 11) is -2.34. The molecule has 27 heavy (non-hydrogen) atoms. The lowest BCUT2D eigenvalue weighted by Crippen LogP contribution is -2.09. The number of fused-ring (bicyclic) bond motifs is 1. The first-order chi connectivity index (χ1) is 13.0. The summed E-state index contributed by atoms with van der Waals surface area (Å²) in [6.07, 6.45) is 6.51. The van der Waals surface area contributed by atoms with Gasteiger partial charge in [-0.2, -0.15) is 0 Å². The molecule has 136 valence electrons. The average molecular weight is 379 g/mol. The van der Waals surface area contributed by atoms with Gasteiger partial charge in [0.15, 0.2) is 5.76 Å². The topological polar surface area (TPSA) is 92.9 Å². The fourth-order valence-electron chi connectivity index (χ4n) is 2.62. The highest BCUT2D eigenvalue weighted by molar-refractivity contribution is 8.00. The van der Waals surface area contributed by atoms with Gasteiger partial charge < -0.3 is 14.5 Å². The molecule has 0 spiro atoms. The van der Waals surface area contributed by atoms with Gasteiger partial charge in [0.05, 0.1) is 17.2 Å². The minimum absolute atomic E-state index is 0.355. The van der Waals surface area contributed by atoms with E-state index >= 15 is 0 Å². The van der Waals surface area contributed by atoms with Crippen LogP contribution < -0.4 is 10.0 Å². The summed E-state index contributed by atoms with van der Waals surface area (Å²) in [6.45, 7) is 0. The molecule has 0 saturated carbocycles. The molecule has 1 unspecified atom stereocenters. The Morgan fingerprint density at radius 2 is 1.78 bits per heavy atom. The minimum atomic E-state index is -2.34. The van der Waals surface area contributed by atoms with Gasteiger partial charge in [-0.15, -0.1) is 0 Å². The van der Waals surface area contributed by atoms with Gasteiger partial charge >= 0.3 is 0 Å². The van der Waals surface area contributed by atoms with Crippen LogP contribution in [0.2, 0.25) is 0 Å². The van der Waals surface area contributed by atoms with Crippen LogP contribution in [-0.4, -0.2) is 31.3 Å². The van der Waals surface area contributed by atoms with E-state index in [9.17, 15) is 4.21 Å². The third kappa shape index (κ3) is 4.06. The van der Waals surface area contributed by atoms with Crippen LogP contribution in [-0.2, 0) is 9.71 Å². The monoisotopic (exact) mass is 379 g/mol. The van der Waals surface area contributed by atoms with Gasteiger partial charge in [0.1, 0.15) is 0 Å². The molecule has 0 fully saturated rings. The Hall–Kier alpha value is -3.39. The lowest BCUT2D eigenvalue weighted by atomic mass is 10.1. The molecular formula is C19H17N5O2S. The smallest absolute Gasteiger partial charge is 0.299 e. The van der Waals surface area contributed by atoms with Crippen LogP contribution in [0.3, 0.4) is 0 Å². The Labute approximate surface area is 156 Å². The Morgan fingerprint density at radius 1 is 1.00 bits per heavy atom. The van der Waals surface area contributed by atoms with Gasteiger partial charge in [0, 0.05) is 45.3 Å². The number of hydrogen-bond acceptors (Lipinski definition) is 6. The maximum atomic E-state index is 11.8. The molecule has 0 aliphatic heterocycles. The first-order valence-electron chi connectivity index (χ1n) is 8.10. The number of anilines is 3. The number of nitrogens with zero attached hydrogens (tertiary/aromatic N) is 3. The molecule has 4 aromatic rings. The predicted molar refractivity (Wildman–Crippen MR) is 110 cm³/mol. The summed E-state index contributed by atoms with van der Waals surface area (Å²) in [6, 6.07) is 13.4. The molecule has 2 heterocycles. The SMILES string of the molecule is C=S(C)(=O)Nc1cccc(Nc2ncc(-c3ccc4nccnc4c3)o2)c1. The van der Waals surface area contributed by atoms with E-state index in [0.29, 0.717) is 17.5 Å². The van der Waals surface area contributed by atoms with Crippen molar-refractivity contribution in [2.24, 2.45) is 0 Å². The lowest BCUT2D eigenvalue weighted by molar-refractivity contribution is 0.592. The summed E-state index contributed by atoms with van der Waals surface area (Å²) in [4.78, 5) is 12.8. The summed E-state index contributed by atoms with van der Waals surface area (Å²) in [5.41, 5.74) is 3.92. The molecule has 8 heteroatoms. The molecule has 2 N–H and O–H groups in total. The van der Waals surface area contributed by atoms with Crippen LogP contribution in [0.5, 0.6) is 0 Å². The van der Waals surface area contributed by atoms with Crippen LogP contribution in [0.1, 0.15) is 0 Å². The average Bonchev–Trinajstić information content (AvgIpc) is 3.08. The zero-order chi connectivity index (χ0) is 18.9. The van der Waals surface area contributed by atoms with Crippen molar-refractivity contribution in [3.05, 3.63) is 61.1 Å². The second-order valence-electron chi connectivity index (χ2n) is 6.10. The highest BCUT2D eigenvalue weighted by atomic mass is 32.2. The van der Waals surface area contributed by atoms with Gasteiger partial charge in [0.25, 0.3) is 6.01 Å². The molecule has 2 aromatic carbocycles. The molecule has 0 radical (unpaired) electrons. The van der Waals surface area contributed by atoms with E-state index in [-0.39, 0.29) is 0 Å². The maximum Gasteiger partial charge on any atom is 0.299 e. The molecule has 0 saturated heterocycles. The van der Waals surface area contributed by atoms with Crippen molar-refractivity contribution in [1.82, 2.24) is 15.0 Å². The third-order valence-corrected chi connectivity index (χ3v) is 4.37. The Balaban J connectivity index is 1.56. The number of hydrogen-bond donors (Lipinski definition) is 2. The van der Waals surface area contributed by atoms with E-state index in [1.165, 1.54) is 0 Å². The fraction of sp³-hybridized carbons (Fsp3) is 0.0526. The first-order valence-corrected chi connectivity index (χ1v) is 10.2. The molecule has 7 nitrogen and oxygen atoms in total. The molecule has 4 rings (SSSR count). The van der Waals surface area contributed by atoms with Crippen molar-refractivity contribution in [3.63, 3.8) is 0 Å². The molecule has 0 aliphatic rings. The van der Waals surface area contributed by atoms with Crippen LogP contribution in [0.15, 0.2) is 65.5 Å². The van der Waals surface area contributed by atoms with E-state index in [0.717, 1.165) is 22.3 Å². The van der Waals surface area contributed by atoms with E-state index in [1.807, 2.05) is 42.5 Å². The van der Waals surface area contributed by atoms with Crippen LogP contribution in [0.4, 0.5) is 17.4 Å². The van der Waals surface area contributed by atoms with Crippen molar-refractivity contribution in [2.45, 2.75) is 0 Å². The first kappa shape index (κ1) is 17.0. The van der Waals surface area contributed by atoms with E-state index in [4.69, 9.17) is 4.42 Å². The van der Waals surface area contributed by atoms with Crippen molar-refractivity contribution in [3.8, 4) is 11.3 Å². The summed E-state index contributed by atoms with van der Waals surface area (Å²) < 4.78 is 20.5. The second-order valence-corrected chi connectivity index (χ2v) is 8.32.